The first-order valence-corrected chi connectivity index (χ1v) is 6.19. The Kier molecular flexibility index (Phi) is 5.03. The highest BCUT2D eigenvalue weighted by molar-refractivity contribution is 7.90. The SMILES string of the molecule is CN(C)NC(=O)C(N)CCS(C)(=O)=O. The monoisotopic (exact) mass is 223 g/mol. The van der Waals surface area contributed by atoms with Crippen LogP contribution in [-0.2, 0) is 14.6 Å². The Morgan fingerprint density at radius 2 is 2.00 bits per heavy atom. The van der Waals surface area contributed by atoms with Gasteiger partial charge in [-0.25, -0.2) is 13.4 Å². The fraction of sp³-hybridized carbons (Fsp3) is 0.857. The molecule has 1 unspecified atom stereocenters. The molecular weight excluding hydrogens is 206 g/mol. The van der Waals surface area contributed by atoms with E-state index in [0.717, 1.165) is 6.26 Å². The summed E-state index contributed by atoms with van der Waals surface area (Å²) in [6, 6.07) is -0.785. The molecule has 0 fully saturated rings. The summed E-state index contributed by atoms with van der Waals surface area (Å²) in [5.74, 6) is -0.451. The van der Waals surface area contributed by atoms with Crippen LogP contribution in [-0.4, -0.2) is 51.5 Å². The van der Waals surface area contributed by atoms with Crippen molar-refractivity contribution >= 4 is 15.7 Å². The summed E-state index contributed by atoms with van der Waals surface area (Å²) in [7, 11) is 0.253. The number of hydrazine groups is 1. The second-order valence-electron chi connectivity index (χ2n) is 3.40. The van der Waals surface area contributed by atoms with Crippen molar-refractivity contribution in [2.45, 2.75) is 12.5 Å². The number of carbonyl (C=O) groups excluding carboxylic acids is 1. The lowest BCUT2D eigenvalue weighted by atomic mass is 10.2. The summed E-state index contributed by atoms with van der Waals surface area (Å²) in [4.78, 5) is 11.2. The maximum Gasteiger partial charge on any atom is 0.251 e. The van der Waals surface area contributed by atoms with Gasteiger partial charge in [0.15, 0.2) is 0 Å². The minimum absolute atomic E-state index is 0.0744. The van der Waals surface area contributed by atoms with Crippen LogP contribution in [0.4, 0.5) is 0 Å². The van der Waals surface area contributed by atoms with Gasteiger partial charge in [0.2, 0.25) is 0 Å². The number of amides is 1. The number of nitrogens with zero attached hydrogens (tertiary/aromatic N) is 1. The van der Waals surface area contributed by atoms with E-state index in [1.165, 1.54) is 5.01 Å². The van der Waals surface area contributed by atoms with E-state index in [9.17, 15) is 13.2 Å². The molecule has 0 aliphatic carbocycles. The van der Waals surface area contributed by atoms with Gasteiger partial charge in [0.25, 0.3) is 5.91 Å². The van der Waals surface area contributed by atoms with Crippen LogP contribution in [0, 0.1) is 0 Å². The fourth-order valence-corrected chi connectivity index (χ4v) is 1.46. The Labute approximate surface area is 84.3 Å². The van der Waals surface area contributed by atoms with Gasteiger partial charge in [-0.1, -0.05) is 0 Å². The van der Waals surface area contributed by atoms with Crippen molar-refractivity contribution in [1.82, 2.24) is 10.4 Å². The average Bonchev–Trinajstić information content (AvgIpc) is 1.97. The zero-order chi connectivity index (χ0) is 11.4. The molecule has 0 heterocycles. The van der Waals surface area contributed by atoms with Crippen molar-refractivity contribution in [1.29, 1.82) is 0 Å². The zero-order valence-electron chi connectivity index (χ0n) is 8.65. The van der Waals surface area contributed by atoms with Gasteiger partial charge >= 0.3 is 0 Å². The average molecular weight is 223 g/mol. The molecule has 0 aromatic carbocycles. The highest BCUT2D eigenvalue weighted by Gasteiger charge is 2.15. The number of hydrogen-bond donors (Lipinski definition) is 2. The summed E-state index contributed by atoms with van der Waals surface area (Å²) >= 11 is 0. The first-order chi connectivity index (χ1) is 6.22. The lowest BCUT2D eigenvalue weighted by Gasteiger charge is -2.15. The van der Waals surface area contributed by atoms with Gasteiger partial charge < -0.3 is 5.73 Å². The lowest BCUT2D eigenvalue weighted by molar-refractivity contribution is -0.126. The number of carbonyl (C=O) groups is 1. The molecule has 0 spiro atoms. The third-order valence-electron chi connectivity index (χ3n) is 1.47. The molecule has 0 aliphatic rings. The molecule has 7 heteroatoms. The Morgan fingerprint density at radius 1 is 1.50 bits per heavy atom. The Morgan fingerprint density at radius 3 is 2.36 bits per heavy atom. The van der Waals surface area contributed by atoms with Crippen molar-refractivity contribution in [2.75, 3.05) is 26.1 Å². The van der Waals surface area contributed by atoms with Crippen LogP contribution in [0.25, 0.3) is 0 Å². The van der Waals surface area contributed by atoms with Crippen molar-refractivity contribution in [2.24, 2.45) is 5.73 Å². The Bertz CT molecular complexity index is 287. The molecular formula is C7H17N3O3S. The molecule has 0 aromatic rings. The number of rotatable bonds is 5. The van der Waals surface area contributed by atoms with Crippen LogP contribution >= 0.6 is 0 Å². The van der Waals surface area contributed by atoms with Gasteiger partial charge in [0.1, 0.15) is 9.84 Å². The molecule has 14 heavy (non-hydrogen) atoms. The van der Waals surface area contributed by atoms with E-state index in [1.807, 2.05) is 0 Å². The molecule has 0 bridgehead atoms. The van der Waals surface area contributed by atoms with E-state index in [1.54, 1.807) is 14.1 Å². The van der Waals surface area contributed by atoms with Gasteiger partial charge in [-0.2, -0.15) is 0 Å². The lowest BCUT2D eigenvalue weighted by Crippen LogP contribution is -2.47. The quantitative estimate of drug-likeness (QED) is 0.544. The summed E-state index contributed by atoms with van der Waals surface area (Å²) in [5.41, 5.74) is 7.92. The maximum atomic E-state index is 11.2. The van der Waals surface area contributed by atoms with Gasteiger partial charge in [0, 0.05) is 20.4 Å². The third kappa shape index (κ3) is 6.81. The summed E-state index contributed by atoms with van der Waals surface area (Å²) in [6.07, 6.45) is 1.25. The zero-order valence-corrected chi connectivity index (χ0v) is 9.47. The van der Waals surface area contributed by atoms with Crippen LogP contribution in [0.2, 0.25) is 0 Å². The maximum absolute atomic E-state index is 11.2. The first-order valence-electron chi connectivity index (χ1n) is 4.13. The van der Waals surface area contributed by atoms with E-state index in [4.69, 9.17) is 5.73 Å². The Balaban J connectivity index is 3.97. The molecule has 0 aliphatic heterocycles. The summed E-state index contributed by atoms with van der Waals surface area (Å²) < 4.78 is 21.6. The predicted octanol–water partition coefficient (Wildman–Crippen LogP) is -1.66. The molecule has 0 rings (SSSR count). The number of nitrogens with one attached hydrogen (secondary N) is 1. The number of hydrogen-bond acceptors (Lipinski definition) is 5. The highest BCUT2D eigenvalue weighted by Crippen LogP contribution is 1.93. The minimum Gasteiger partial charge on any atom is -0.320 e. The molecule has 0 saturated heterocycles. The molecule has 6 nitrogen and oxygen atoms in total. The van der Waals surface area contributed by atoms with Crippen molar-refractivity contribution < 1.29 is 13.2 Å². The van der Waals surface area contributed by atoms with Gasteiger partial charge in [-0.3, -0.25) is 10.2 Å². The largest absolute Gasteiger partial charge is 0.320 e. The van der Waals surface area contributed by atoms with Crippen molar-refractivity contribution in [3.8, 4) is 0 Å². The predicted molar refractivity (Wildman–Crippen MR) is 54.1 cm³/mol. The van der Waals surface area contributed by atoms with Crippen LogP contribution in [0.15, 0.2) is 0 Å². The molecule has 1 atom stereocenters. The second kappa shape index (κ2) is 5.28. The second-order valence-corrected chi connectivity index (χ2v) is 5.66. The smallest absolute Gasteiger partial charge is 0.251 e. The normalized spacial score (nSPS) is 14.1. The van der Waals surface area contributed by atoms with Crippen LogP contribution in [0.5, 0.6) is 0 Å². The summed E-state index contributed by atoms with van der Waals surface area (Å²) in [6.45, 7) is 0. The van der Waals surface area contributed by atoms with E-state index in [-0.39, 0.29) is 18.1 Å². The van der Waals surface area contributed by atoms with Gasteiger partial charge in [-0.15, -0.1) is 0 Å². The molecule has 3 N–H and O–H groups in total. The van der Waals surface area contributed by atoms with Crippen molar-refractivity contribution in [3.05, 3.63) is 0 Å². The van der Waals surface area contributed by atoms with Crippen LogP contribution in [0.1, 0.15) is 6.42 Å². The van der Waals surface area contributed by atoms with Crippen molar-refractivity contribution in [3.63, 3.8) is 0 Å². The van der Waals surface area contributed by atoms with E-state index in [2.05, 4.69) is 5.43 Å². The van der Waals surface area contributed by atoms with Gasteiger partial charge in [-0.05, 0) is 6.42 Å². The molecule has 0 saturated carbocycles. The van der Waals surface area contributed by atoms with Crippen LogP contribution < -0.4 is 11.2 Å². The van der Waals surface area contributed by atoms with Crippen LogP contribution in [0.3, 0.4) is 0 Å². The molecule has 0 radical (unpaired) electrons. The highest BCUT2D eigenvalue weighted by atomic mass is 32.2. The fourth-order valence-electron chi connectivity index (χ4n) is 0.775. The molecule has 1 amide bonds. The number of nitrogens with two attached hydrogens (primary N) is 1. The number of sulfone groups is 1. The standard InChI is InChI=1S/C7H17N3O3S/c1-10(2)9-7(11)6(8)4-5-14(3,12)13/h6H,4-5,8H2,1-3H3,(H,9,11). The third-order valence-corrected chi connectivity index (χ3v) is 2.45. The Hall–Kier alpha value is -0.660. The van der Waals surface area contributed by atoms with E-state index in [0.29, 0.717) is 0 Å². The van der Waals surface area contributed by atoms with E-state index >= 15 is 0 Å². The van der Waals surface area contributed by atoms with Gasteiger partial charge in [0.05, 0.1) is 11.8 Å². The molecule has 0 aromatic heterocycles. The van der Waals surface area contributed by atoms with E-state index < -0.39 is 15.9 Å². The molecule has 84 valence electrons. The minimum atomic E-state index is -3.05. The first kappa shape index (κ1) is 13.3. The summed E-state index contributed by atoms with van der Waals surface area (Å²) in [5, 5.41) is 1.46. The topological polar surface area (TPSA) is 92.5 Å².